The van der Waals surface area contributed by atoms with Crippen LogP contribution in [0.5, 0.6) is 0 Å². The van der Waals surface area contributed by atoms with Crippen LogP contribution in [0.4, 0.5) is 10.2 Å². The van der Waals surface area contributed by atoms with Gasteiger partial charge in [-0.1, -0.05) is 17.7 Å². The van der Waals surface area contributed by atoms with Crippen molar-refractivity contribution in [2.45, 2.75) is 0 Å². The SMILES string of the molecule is O=c1[nH]c(-c2cnc(N3CCNCC3)c(F)c2)cc2c(Cl)cccc12. The summed E-state index contributed by atoms with van der Waals surface area (Å²) in [6.07, 6.45) is 1.58. The van der Waals surface area contributed by atoms with Crippen LogP contribution in [-0.2, 0) is 0 Å². The molecule has 25 heavy (non-hydrogen) atoms. The molecule has 2 aromatic heterocycles. The molecular weight excluding hydrogens is 343 g/mol. The van der Waals surface area contributed by atoms with E-state index in [1.165, 1.54) is 6.07 Å². The minimum Gasteiger partial charge on any atom is -0.352 e. The summed E-state index contributed by atoms with van der Waals surface area (Å²) in [5, 5.41) is 4.84. The fourth-order valence-corrected chi connectivity index (χ4v) is 3.32. The molecule has 1 aromatic carbocycles. The van der Waals surface area contributed by atoms with Crippen molar-refractivity contribution < 1.29 is 4.39 Å². The van der Waals surface area contributed by atoms with Crippen molar-refractivity contribution in [1.29, 1.82) is 0 Å². The molecule has 0 saturated carbocycles. The van der Waals surface area contributed by atoms with Crippen molar-refractivity contribution in [2.24, 2.45) is 0 Å². The molecule has 0 atom stereocenters. The predicted molar refractivity (Wildman–Crippen MR) is 97.9 cm³/mol. The molecule has 0 aliphatic carbocycles. The first-order chi connectivity index (χ1) is 12.1. The zero-order chi connectivity index (χ0) is 17.4. The summed E-state index contributed by atoms with van der Waals surface area (Å²) in [7, 11) is 0. The standard InChI is InChI=1S/C18H16ClFN4O/c19-14-3-1-2-12-13(14)9-16(23-18(12)25)11-8-15(20)17(22-10-11)24-6-4-21-5-7-24/h1-3,8-10,21H,4-7H2,(H,23,25). The number of hydrogen-bond donors (Lipinski definition) is 2. The van der Waals surface area contributed by atoms with Gasteiger partial charge in [-0.25, -0.2) is 9.37 Å². The van der Waals surface area contributed by atoms with Gasteiger partial charge in [0.1, 0.15) is 0 Å². The highest BCUT2D eigenvalue weighted by molar-refractivity contribution is 6.35. The molecule has 7 heteroatoms. The lowest BCUT2D eigenvalue weighted by molar-refractivity contribution is 0.559. The third-order valence-electron chi connectivity index (χ3n) is 4.38. The third-order valence-corrected chi connectivity index (χ3v) is 4.71. The number of rotatable bonds is 2. The van der Waals surface area contributed by atoms with Crippen LogP contribution in [0.15, 0.2) is 41.3 Å². The van der Waals surface area contributed by atoms with E-state index in [0.717, 1.165) is 13.1 Å². The van der Waals surface area contributed by atoms with Crippen LogP contribution in [0.2, 0.25) is 5.02 Å². The fraction of sp³-hybridized carbons (Fsp3) is 0.222. The maximum atomic E-state index is 14.6. The quantitative estimate of drug-likeness (QED) is 0.739. The monoisotopic (exact) mass is 358 g/mol. The van der Waals surface area contributed by atoms with E-state index in [2.05, 4.69) is 15.3 Å². The summed E-state index contributed by atoms with van der Waals surface area (Å²) in [4.78, 5) is 21.2. The lowest BCUT2D eigenvalue weighted by Gasteiger charge is -2.28. The molecule has 0 spiro atoms. The summed E-state index contributed by atoms with van der Waals surface area (Å²) in [6, 6.07) is 8.30. The summed E-state index contributed by atoms with van der Waals surface area (Å²) in [6.45, 7) is 3.04. The lowest BCUT2D eigenvalue weighted by atomic mass is 10.1. The third kappa shape index (κ3) is 2.99. The van der Waals surface area contributed by atoms with Crippen LogP contribution in [0, 0.1) is 5.82 Å². The molecule has 128 valence electrons. The van der Waals surface area contributed by atoms with Crippen molar-refractivity contribution in [1.82, 2.24) is 15.3 Å². The van der Waals surface area contributed by atoms with E-state index in [1.54, 1.807) is 30.5 Å². The van der Waals surface area contributed by atoms with Crippen LogP contribution >= 0.6 is 11.6 Å². The van der Waals surface area contributed by atoms with Gasteiger partial charge in [-0.05, 0) is 24.3 Å². The van der Waals surface area contributed by atoms with Gasteiger partial charge in [-0.2, -0.15) is 0 Å². The Morgan fingerprint density at radius 3 is 2.72 bits per heavy atom. The second-order valence-electron chi connectivity index (χ2n) is 5.98. The molecule has 1 saturated heterocycles. The molecule has 1 aliphatic rings. The molecule has 2 N–H and O–H groups in total. The van der Waals surface area contributed by atoms with Crippen LogP contribution in [0.25, 0.3) is 22.0 Å². The van der Waals surface area contributed by atoms with Crippen LogP contribution in [0.3, 0.4) is 0 Å². The zero-order valence-electron chi connectivity index (χ0n) is 13.4. The molecule has 3 aromatic rings. The van der Waals surface area contributed by atoms with Crippen molar-refractivity contribution in [3.63, 3.8) is 0 Å². The van der Waals surface area contributed by atoms with Gasteiger partial charge in [0.05, 0.1) is 5.69 Å². The van der Waals surface area contributed by atoms with Crippen molar-refractivity contribution >= 4 is 28.2 Å². The summed E-state index contributed by atoms with van der Waals surface area (Å²) >= 11 is 6.19. The number of nitrogens with one attached hydrogen (secondary N) is 2. The number of benzene rings is 1. The van der Waals surface area contributed by atoms with Gasteiger partial charge in [0, 0.05) is 53.7 Å². The number of pyridine rings is 2. The van der Waals surface area contributed by atoms with Gasteiger partial charge in [0.25, 0.3) is 5.56 Å². The summed E-state index contributed by atoms with van der Waals surface area (Å²) in [5.74, 6) is -0.0640. The highest BCUT2D eigenvalue weighted by atomic mass is 35.5. The molecule has 1 fully saturated rings. The number of hydrogen-bond acceptors (Lipinski definition) is 4. The maximum absolute atomic E-state index is 14.6. The largest absolute Gasteiger partial charge is 0.352 e. The van der Waals surface area contributed by atoms with Crippen molar-refractivity contribution in [3.05, 3.63) is 57.7 Å². The first kappa shape index (κ1) is 16.1. The van der Waals surface area contributed by atoms with Gasteiger partial charge in [0.15, 0.2) is 11.6 Å². The van der Waals surface area contributed by atoms with E-state index in [4.69, 9.17) is 11.6 Å². The number of aromatic nitrogens is 2. The van der Waals surface area contributed by atoms with Crippen molar-refractivity contribution in [3.8, 4) is 11.3 Å². The zero-order valence-corrected chi connectivity index (χ0v) is 14.1. The Morgan fingerprint density at radius 1 is 1.16 bits per heavy atom. The van der Waals surface area contributed by atoms with Gasteiger partial charge >= 0.3 is 0 Å². The Balaban J connectivity index is 1.77. The van der Waals surface area contributed by atoms with E-state index in [1.807, 2.05) is 4.90 Å². The van der Waals surface area contributed by atoms with Gasteiger partial charge in [0.2, 0.25) is 0 Å². The molecule has 0 radical (unpaired) electrons. The van der Waals surface area contributed by atoms with Crippen LogP contribution in [-0.4, -0.2) is 36.1 Å². The van der Waals surface area contributed by atoms with Gasteiger partial charge in [-0.15, -0.1) is 0 Å². The van der Waals surface area contributed by atoms with E-state index < -0.39 is 5.82 Å². The van der Waals surface area contributed by atoms with Gasteiger partial charge in [-0.3, -0.25) is 4.79 Å². The van der Waals surface area contributed by atoms with Crippen molar-refractivity contribution in [2.75, 3.05) is 31.1 Å². The number of nitrogens with zero attached hydrogens (tertiary/aromatic N) is 2. The molecule has 0 unspecified atom stereocenters. The maximum Gasteiger partial charge on any atom is 0.256 e. The second kappa shape index (κ2) is 6.46. The normalized spacial score (nSPS) is 14.9. The Bertz CT molecular complexity index is 998. The highest BCUT2D eigenvalue weighted by Crippen LogP contribution is 2.27. The number of fused-ring (bicyclic) bond motifs is 1. The average molecular weight is 359 g/mol. The smallest absolute Gasteiger partial charge is 0.256 e. The van der Waals surface area contributed by atoms with E-state index in [9.17, 15) is 9.18 Å². The van der Waals surface area contributed by atoms with Crippen LogP contribution in [0.1, 0.15) is 0 Å². The lowest BCUT2D eigenvalue weighted by Crippen LogP contribution is -2.44. The molecule has 3 heterocycles. The Labute approximate surface area is 148 Å². The number of halogens is 2. The second-order valence-corrected chi connectivity index (χ2v) is 6.39. The highest BCUT2D eigenvalue weighted by Gasteiger charge is 2.17. The molecule has 0 amide bonds. The first-order valence-corrected chi connectivity index (χ1v) is 8.44. The van der Waals surface area contributed by atoms with E-state index in [0.29, 0.717) is 46.0 Å². The molecule has 0 bridgehead atoms. The summed E-state index contributed by atoms with van der Waals surface area (Å²) in [5.41, 5.74) is 0.737. The van der Waals surface area contributed by atoms with Gasteiger partial charge < -0.3 is 15.2 Å². The Morgan fingerprint density at radius 2 is 1.96 bits per heavy atom. The number of H-pyrrole nitrogens is 1. The van der Waals surface area contributed by atoms with Crippen LogP contribution < -0.4 is 15.8 Å². The number of anilines is 1. The molecule has 5 nitrogen and oxygen atoms in total. The van der Waals surface area contributed by atoms with E-state index in [-0.39, 0.29) is 5.56 Å². The minimum absolute atomic E-state index is 0.262. The number of piperazine rings is 1. The topological polar surface area (TPSA) is 61.0 Å². The summed E-state index contributed by atoms with van der Waals surface area (Å²) < 4.78 is 14.6. The predicted octanol–water partition coefficient (Wildman–Crippen LogP) is 2.79. The van der Waals surface area contributed by atoms with E-state index >= 15 is 0 Å². The molecule has 1 aliphatic heterocycles. The average Bonchev–Trinajstić information content (AvgIpc) is 2.63. The first-order valence-electron chi connectivity index (χ1n) is 8.06. The fourth-order valence-electron chi connectivity index (χ4n) is 3.09. The number of aromatic amines is 1. The Hall–Kier alpha value is -2.44. The molecule has 4 rings (SSSR count). The molecular formula is C18H16ClFN4O. The minimum atomic E-state index is -0.403. The Kier molecular flexibility index (Phi) is 4.15.